The summed E-state index contributed by atoms with van der Waals surface area (Å²) in [5, 5.41) is 3.81. The van der Waals surface area contributed by atoms with Gasteiger partial charge in [0.05, 0.1) is 6.04 Å². The van der Waals surface area contributed by atoms with E-state index in [0.717, 1.165) is 21.2 Å². The summed E-state index contributed by atoms with van der Waals surface area (Å²) >= 11 is 2.83. The highest BCUT2D eigenvalue weighted by atomic mass is 32.2. The topological polar surface area (TPSA) is 71.1 Å². The van der Waals surface area contributed by atoms with Crippen molar-refractivity contribution in [2.24, 2.45) is 0 Å². The van der Waals surface area contributed by atoms with Gasteiger partial charge in [-0.25, -0.2) is 18.1 Å². The van der Waals surface area contributed by atoms with Crippen LogP contribution in [-0.4, -0.2) is 20.4 Å². The van der Waals surface area contributed by atoms with Gasteiger partial charge < -0.3 is 5.32 Å². The fourth-order valence-corrected chi connectivity index (χ4v) is 5.33. The molecule has 0 radical (unpaired) electrons. The molecule has 0 fully saturated rings. The molecule has 0 saturated heterocycles. The molecule has 0 aliphatic carbocycles. The van der Waals surface area contributed by atoms with E-state index in [1.165, 1.54) is 11.3 Å². The first-order chi connectivity index (χ1) is 9.96. The monoisotopic (exact) mass is 345 g/mol. The Morgan fingerprint density at radius 2 is 2.05 bits per heavy atom. The Kier molecular flexibility index (Phi) is 5.50. The van der Waals surface area contributed by atoms with Gasteiger partial charge in [-0.1, -0.05) is 6.92 Å². The van der Waals surface area contributed by atoms with E-state index in [2.05, 4.69) is 21.9 Å². The number of nitrogens with zero attached hydrogens (tertiary/aromatic N) is 1. The average molecular weight is 346 g/mol. The summed E-state index contributed by atoms with van der Waals surface area (Å²) in [4.78, 5) is 6.43. The molecule has 8 heteroatoms. The van der Waals surface area contributed by atoms with Crippen LogP contribution in [0.2, 0.25) is 0 Å². The maximum atomic E-state index is 12.4. The van der Waals surface area contributed by atoms with Gasteiger partial charge in [0.1, 0.15) is 9.22 Å². The van der Waals surface area contributed by atoms with Crippen molar-refractivity contribution in [3.63, 3.8) is 0 Å². The molecule has 0 aromatic carbocycles. The summed E-state index contributed by atoms with van der Waals surface area (Å²) < 4.78 is 27.8. The first-order valence-electron chi connectivity index (χ1n) is 6.66. The molecule has 0 amide bonds. The molecule has 116 valence electrons. The Hall–Kier alpha value is -0.800. The highest BCUT2D eigenvalue weighted by Crippen LogP contribution is 2.25. The molecule has 2 rings (SSSR count). The molecule has 0 saturated carbocycles. The van der Waals surface area contributed by atoms with Crippen LogP contribution >= 0.6 is 22.7 Å². The Labute approximate surface area is 133 Å². The van der Waals surface area contributed by atoms with Crippen molar-refractivity contribution in [3.05, 3.63) is 33.1 Å². The van der Waals surface area contributed by atoms with E-state index in [0.29, 0.717) is 10.8 Å². The van der Waals surface area contributed by atoms with Crippen molar-refractivity contribution in [3.8, 4) is 0 Å². The Bertz CT molecular complexity index is 691. The molecule has 0 aliphatic rings. The molecule has 2 N–H and O–H groups in total. The van der Waals surface area contributed by atoms with Gasteiger partial charge >= 0.3 is 0 Å². The summed E-state index contributed by atoms with van der Waals surface area (Å²) in [6, 6.07) is 3.15. The SMILES string of the molecule is CCc1cnc(C(C)NS(=O)(=O)c2ccc(CNC)s2)s1. The maximum absolute atomic E-state index is 12.4. The van der Waals surface area contributed by atoms with Gasteiger partial charge in [0.15, 0.2) is 0 Å². The predicted octanol–water partition coefficient (Wildman–Crippen LogP) is 2.53. The molecule has 2 heterocycles. The lowest BCUT2D eigenvalue weighted by Crippen LogP contribution is -2.26. The van der Waals surface area contributed by atoms with E-state index in [9.17, 15) is 8.42 Å². The average Bonchev–Trinajstić information content (AvgIpc) is 3.07. The normalized spacial score (nSPS) is 13.5. The molecule has 2 aromatic heterocycles. The standard InChI is InChI=1S/C13H19N3O2S3/c1-4-10-8-15-13(20-10)9(2)16-21(17,18)12-6-5-11(19-12)7-14-3/h5-6,8-9,14,16H,4,7H2,1-3H3. The van der Waals surface area contributed by atoms with Crippen molar-refractivity contribution in [1.29, 1.82) is 0 Å². The smallest absolute Gasteiger partial charge is 0.250 e. The van der Waals surface area contributed by atoms with Crippen molar-refractivity contribution >= 4 is 32.7 Å². The highest BCUT2D eigenvalue weighted by molar-refractivity contribution is 7.91. The van der Waals surface area contributed by atoms with Gasteiger partial charge in [0, 0.05) is 22.5 Å². The third-order valence-corrected chi connectivity index (χ3v) is 7.32. The first kappa shape index (κ1) is 16.6. The lowest BCUT2D eigenvalue weighted by atomic mass is 10.4. The van der Waals surface area contributed by atoms with Gasteiger partial charge in [-0.3, -0.25) is 0 Å². The zero-order valence-electron chi connectivity index (χ0n) is 12.2. The molecule has 1 unspecified atom stereocenters. The van der Waals surface area contributed by atoms with Crippen LogP contribution in [0.3, 0.4) is 0 Å². The molecule has 1 atom stereocenters. The molecular weight excluding hydrogens is 326 g/mol. The number of rotatable bonds is 7. The predicted molar refractivity (Wildman–Crippen MR) is 87.3 cm³/mol. The molecule has 2 aromatic rings. The van der Waals surface area contributed by atoms with E-state index < -0.39 is 10.0 Å². The number of thiazole rings is 1. The van der Waals surface area contributed by atoms with E-state index in [4.69, 9.17) is 0 Å². The van der Waals surface area contributed by atoms with Crippen LogP contribution in [0, 0.1) is 0 Å². The zero-order chi connectivity index (χ0) is 15.5. The van der Waals surface area contributed by atoms with Gasteiger partial charge in [0.25, 0.3) is 10.0 Å². The zero-order valence-corrected chi connectivity index (χ0v) is 14.7. The fourth-order valence-electron chi connectivity index (χ4n) is 1.80. The largest absolute Gasteiger partial charge is 0.315 e. The van der Waals surface area contributed by atoms with Crippen LogP contribution in [0.5, 0.6) is 0 Å². The molecule has 21 heavy (non-hydrogen) atoms. The number of sulfonamides is 1. The number of hydrogen-bond acceptors (Lipinski definition) is 6. The lowest BCUT2D eigenvalue weighted by Gasteiger charge is -2.10. The lowest BCUT2D eigenvalue weighted by molar-refractivity contribution is 0.568. The fraction of sp³-hybridized carbons (Fsp3) is 0.462. The highest BCUT2D eigenvalue weighted by Gasteiger charge is 2.22. The van der Waals surface area contributed by atoms with E-state index in [-0.39, 0.29) is 6.04 Å². The summed E-state index contributed by atoms with van der Waals surface area (Å²) in [6.45, 7) is 4.54. The Morgan fingerprint density at radius 3 is 2.67 bits per heavy atom. The van der Waals surface area contributed by atoms with Gasteiger partial charge in [-0.05, 0) is 32.5 Å². The minimum atomic E-state index is -3.50. The summed E-state index contributed by atoms with van der Waals surface area (Å²) in [7, 11) is -1.66. The number of nitrogens with one attached hydrogen (secondary N) is 2. The third-order valence-electron chi connectivity index (χ3n) is 2.88. The second-order valence-electron chi connectivity index (χ2n) is 4.61. The summed E-state index contributed by atoms with van der Waals surface area (Å²) in [5.74, 6) is 0. The van der Waals surface area contributed by atoms with Crippen LogP contribution in [0.15, 0.2) is 22.5 Å². The van der Waals surface area contributed by atoms with E-state index in [1.54, 1.807) is 23.6 Å². The molecule has 0 aliphatic heterocycles. The Balaban J connectivity index is 2.12. The minimum Gasteiger partial charge on any atom is -0.315 e. The summed E-state index contributed by atoms with van der Waals surface area (Å²) in [5.41, 5.74) is 0. The first-order valence-corrected chi connectivity index (χ1v) is 9.78. The molecule has 5 nitrogen and oxygen atoms in total. The van der Waals surface area contributed by atoms with Crippen LogP contribution in [0.1, 0.15) is 34.7 Å². The molecule has 0 spiro atoms. The number of aromatic nitrogens is 1. The van der Waals surface area contributed by atoms with Crippen molar-refractivity contribution < 1.29 is 8.42 Å². The van der Waals surface area contributed by atoms with Gasteiger partial charge in [-0.15, -0.1) is 22.7 Å². The van der Waals surface area contributed by atoms with Crippen LogP contribution in [0.4, 0.5) is 0 Å². The van der Waals surface area contributed by atoms with Gasteiger partial charge in [0.2, 0.25) is 0 Å². The number of aryl methyl sites for hydroxylation is 1. The number of thiophene rings is 1. The third kappa shape index (κ3) is 4.10. The quantitative estimate of drug-likeness (QED) is 0.809. The van der Waals surface area contributed by atoms with Gasteiger partial charge in [-0.2, -0.15) is 0 Å². The molecular formula is C13H19N3O2S3. The van der Waals surface area contributed by atoms with Crippen molar-refractivity contribution in [1.82, 2.24) is 15.0 Å². The van der Waals surface area contributed by atoms with E-state index in [1.807, 2.05) is 20.0 Å². The van der Waals surface area contributed by atoms with Crippen LogP contribution < -0.4 is 10.0 Å². The Morgan fingerprint density at radius 1 is 1.29 bits per heavy atom. The number of hydrogen-bond donors (Lipinski definition) is 2. The second kappa shape index (κ2) is 6.97. The summed E-state index contributed by atoms with van der Waals surface area (Å²) in [6.07, 6.45) is 2.72. The van der Waals surface area contributed by atoms with Crippen molar-refractivity contribution in [2.75, 3.05) is 7.05 Å². The van der Waals surface area contributed by atoms with Crippen LogP contribution in [-0.2, 0) is 23.0 Å². The maximum Gasteiger partial charge on any atom is 0.250 e. The van der Waals surface area contributed by atoms with E-state index >= 15 is 0 Å². The molecule has 0 bridgehead atoms. The van der Waals surface area contributed by atoms with Crippen molar-refractivity contribution in [2.45, 2.75) is 37.1 Å². The van der Waals surface area contributed by atoms with Crippen LogP contribution in [0.25, 0.3) is 0 Å². The second-order valence-corrected chi connectivity index (χ2v) is 8.87. The minimum absolute atomic E-state index is 0.324.